The first-order valence-corrected chi connectivity index (χ1v) is 6.11. The number of halogens is 1. The van der Waals surface area contributed by atoms with Crippen molar-refractivity contribution in [1.82, 2.24) is 4.98 Å². The first kappa shape index (κ1) is 10.7. The standard InChI is InChI=1S/C12H12ClNS/c1-3-9-4-5-12(15-9)11-6-8(2)10(13)7-14-11/h4-7H,3H2,1-2H3. The molecule has 0 radical (unpaired) electrons. The second-order valence-electron chi connectivity index (χ2n) is 3.44. The summed E-state index contributed by atoms with van der Waals surface area (Å²) >= 11 is 7.74. The lowest BCUT2D eigenvalue weighted by Gasteiger charge is -2.00. The molecule has 78 valence electrons. The van der Waals surface area contributed by atoms with Gasteiger partial charge in [0.2, 0.25) is 0 Å². The van der Waals surface area contributed by atoms with Crippen molar-refractivity contribution < 1.29 is 0 Å². The van der Waals surface area contributed by atoms with Crippen LogP contribution in [0.15, 0.2) is 24.4 Å². The lowest BCUT2D eigenvalue weighted by atomic mass is 10.2. The van der Waals surface area contributed by atoms with E-state index in [1.807, 2.05) is 13.0 Å². The fourth-order valence-corrected chi connectivity index (χ4v) is 2.40. The van der Waals surface area contributed by atoms with Gasteiger partial charge in [0.25, 0.3) is 0 Å². The van der Waals surface area contributed by atoms with Crippen molar-refractivity contribution in [3.05, 3.63) is 39.9 Å². The molecule has 2 rings (SSSR count). The van der Waals surface area contributed by atoms with Crippen molar-refractivity contribution in [1.29, 1.82) is 0 Å². The van der Waals surface area contributed by atoms with Gasteiger partial charge in [-0.2, -0.15) is 0 Å². The van der Waals surface area contributed by atoms with Crippen molar-refractivity contribution in [2.45, 2.75) is 20.3 Å². The summed E-state index contributed by atoms with van der Waals surface area (Å²) in [6.07, 6.45) is 2.80. The van der Waals surface area contributed by atoms with Crippen molar-refractivity contribution in [2.75, 3.05) is 0 Å². The highest BCUT2D eigenvalue weighted by Gasteiger charge is 2.04. The average molecular weight is 238 g/mol. The lowest BCUT2D eigenvalue weighted by molar-refractivity contribution is 1.19. The molecule has 2 aromatic heterocycles. The van der Waals surface area contributed by atoms with Crippen LogP contribution in [0.25, 0.3) is 10.6 Å². The SMILES string of the molecule is CCc1ccc(-c2cc(C)c(Cl)cn2)s1. The summed E-state index contributed by atoms with van der Waals surface area (Å²) in [5.41, 5.74) is 2.09. The molecule has 2 aromatic rings. The van der Waals surface area contributed by atoms with E-state index >= 15 is 0 Å². The number of pyridine rings is 1. The van der Waals surface area contributed by atoms with Crippen LogP contribution in [0.2, 0.25) is 5.02 Å². The van der Waals surface area contributed by atoms with E-state index in [2.05, 4.69) is 24.0 Å². The number of thiophene rings is 1. The van der Waals surface area contributed by atoms with Gasteiger partial charge in [-0.05, 0) is 37.1 Å². The Kier molecular flexibility index (Phi) is 3.08. The maximum absolute atomic E-state index is 5.94. The minimum atomic E-state index is 0.728. The van der Waals surface area contributed by atoms with Crippen LogP contribution in [0.5, 0.6) is 0 Å². The van der Waals surface area contributed by atoms with E-state index in [1.54, 1.807) is 17.5 Å². The molecular formula is C12H12ClNS. The van der Waals surface area contributed by atoms with Crippen molar-refractivity contribution in [3.63, 3.8) is 0 Å². The van der Waals surface area contributed by atoms with Crippen molar-refractivity contribution in [3.8, 4) is 10.6 Å². The first-order chi connectivity index (χ1) is 7.20. The highest BCUT2D eigenvalue weighted by molar-refractivity contribution is 7.15. The zero-order chi connectivity index (χ0) is 10.8. The molecule has 0 unspecified atom stereocenters. The van der Waals surface area contributed by atoms with E-state index < -0.39 is 0 Å². The monoisotopic (exact) mass is 237 g/mol. The van der Waals surface area contributed by atoms with Gasteiger partial charge in [-0.1, -0.05) is 18.5 Å². The summed E-state index contributed by atoms with van der Waals surface area (Å²) in [5, 5.41) is 0.728. The number of hydrogen-bond acceptors (Lipinski definition) is 2. The number of rotatable bonds is 2. The van der Waals surface area contributed by atoms with E-state index in [1.165, 1.54) is 9.75 Å². The Morgan fingerprint density at radius 2 is 2.20 bits per heavy atom. The van der Waals surface area contributed by atoms with Gasteiger partial charge in [0.05, 0.1) is 15.6 Å². The van der Waals surface area contributed by atoms with Gasteiger partial charge < -0.3 is 0 Å². The molecular weight excluding hydrogens is 226 g/mol. The fourth-order valence-electron chi connectivity index (χ4n) is 1.38. The molecule has 0 bridgehead atoms. The molecule has 1 nitrogen and oxygen atoms in total. The molecule has 2 heterocycles. The minimum absolute atomic E-state index is 0.728. The molecule has 0 saturated heterocycles. The van der Waals surface area contributed by atoms with Gasteiger partial charge >= 0.3 is 0 Å². The van der Waals surface area contributed by atoms with Crippen molar-refractivity contribution in [2.24, 2.45) is 0 Å². The van der Waals surface area contributed by atoms with Crippen LogP contribution < -0.4 is 0 Å². The summed E-state index contributed by atoms with van der Waals surface area (Å²) in [6, 6.07) is 6.32. The Bertz CT molecular complexity index is 476. The lowest BCUT2D eigenvalue weighted by Crippen LogP contribution is -1.82. The zero-order valence-electron chi connectivity index (χ0n) is 8.75. The van der Waals surface area contributed by atoms with Crippen LogP contribution in [0.4, 0.5) is 0 Å². The average Bonchev–Trinajstić information content (AvgIpc) is 2.70. The Morgan fingerprint density at radius 1 is 1.40 bits per heavy atom. The summed E-state index contributed by atoms with van der Waals surface area (Å²) in [7, 11) is 0. The minimum Gasteiger partial charge on any atom is -0.254 e. The molecule has 0 saturated carbocycles. The van der Waals surface area contributed by atoms with E-state index in [-0.39, 0.29) is 0 Å². The number of aryl methyl sites for hydroxylation is 2. The Balaban J connectivity index is 2.40. The maximum atomic E-state index is 5.94. The Hall–Kier alpha value is -0.860. The molecule has 0 aromatic carbocycles. The van der Waals surface area contributed by atoms with Crippen LogP contribution in [0.3, 0.4) is 0 Å². The molecule has 3 heteroatoms. The summed E-state index contributed by atoms with van der Waals surface area (Å²) in [4.78, 5) is 6.94. The molecule has 0 aliphatic carbocycles. The summed E-state index contributed by atoms with van der Waals surface area (Å²) in [6.45, 7) is 4.16. The van der Waals surface area contributed by atoms with Gasteiger partial charge in [0.15, 0.2) is 0 Å². The summed E-state index contributed by atoms with van der Waals surface area (Å²) in [5.74, 6) is 0. The molecule has 0 spiro atoms. The second-order valence-corrected chi connectivity index (χ2v) is 5.01. The summed E-state index contributed by atoms with van der Waals surface area (Å²) < 4.78 is 0. The third kappa shape index (κ3) is 2.21. The Morgan fingerprint density at radius 3 is 2.80 bits per heavy atom. The van der Waals surface area contributed by atoms with Crippen LogP contribution in [0, 0.1) is 6.92 Å². The third-order valence-electron chi connectivity index (χ3n) is 2.31. The van der Waals surface area contributed by atoms with Crippen LogP contribution in [-0.2, 0) is 6.42 Å². The second kappa shape index (κ2) is 4.33. The van der Waals surface area contributed by atoms with Gasteiger partial charge in [-0.25, -0.2) is 0 Å². The van der Waals surface area contributed by atoms with E-state index in [4.69, 9.17) is 11.6 Å². The molecule has 0 N–H and O–H groups in total. The molecule has 0 aliphatic heterocycles. The van der Waals surface area contributed by atoms with Gasteiger partial charge in [-0.15, -0.1) is 11.3 Å². The van der Waals surface area contributed by atoms with E-state index in [9.17, 15) is 0 Å². The Labute approximate surface area is 98.7 Å². The normalized spacial score (nSPS) is 10.6. The topological polar surface area (TPSA) is 12.9 Å². The predicted molar refractivity (Wildman–Crippen MR) is 66.7 cm³/mol. The maximum Gasteiger partial charge on any atom is 0.0805 e. The highest BCUT2D eigenvalue weighted by Crippen LogP contribution is 2.28. The van der Waals surface area contributed by atoms with Crippen LogP contribution >= 0.6 is 22.9 Å². The highest BCUT2D eigenvalue weighted by atomic mass is 35.5. The van der Waals surface area contributed by atoms with Crippen molar-refractivity contribution >= 4 is 22.9 Å². The van der Waals surface area contributed by atoms with Gasteiger partial charge in [0.1, 0.15) is 0 Å². The van der Waals surface area contributed by atoms with Gasteiger partial charge in [0, 0.05) is 11.1 Å². The number of hydrogen-bond donors (Lipinski definition) is 0. The van der Waals surface area contributed by atoms with E-state index in [0.717, 1.165) is 22.7 Å². The zero-order valence-corrected chi connectivity index (χ0v) is 10.3. The molecule has 15 heavy (non-hydrogen) atoms. The van der Waals surface area contributed by atoms with Crippen LogP contribution in [-0.4, -0.2) is 4.98 Å². The predicted octanol–water partition coefficient (Wildman–Crippen LogP) is 4.33. The molecule has 0 atom stereocenters. The number of nitrogens with zero attached hydrogens (tertiary/aromatic N) is 1. The quantitative estimate of drug-likeness (QED) is 0.758. The van der Waals surface area contributed by atoms with Crippen LogP contribution in [0.1, 0.15) is 17.4 Å². The molecule has 0 fully saturated rings. The fraction of sp³-hybridized carbons (Fsp3) is 0.250. The van der Waals surface area contributed by atoms with Gasteiger partial charge in [-0.3, -0.25) is 4.98 Å². The number of aromatic nitrogens is 1. The smallest absolute Gasteiger partial charge is 0.0805 e. The molecule has 0 amide bonds. The largest absolute Gasteiger partial charge is 0.254 e. The van der Waals surface area contributed by atoms with E-state index in [0.29, 0.717) is 0 Å². The third-order valence-corrected chi connectivity index (χ3v) is 3.96. The molecule has 0 aliphatic rings. The first-order valence-electron chi connectivity index (χ1n) is 4.92.